The second-order valence-electron chi connectivity index (χ2n) is 7.15. The topological polar surface area (TPSA) is 46.2 Å². The minimum Gasteiger partial charge on any atom is -0.208 e. The third-order valence-corrected chi connectivity index (χ3v) is 8.91. The molecular formula is C18H29NO2S3. The molecule has 1 atom stereocenters. The molecule has 2 rings (SSSR count). The van der Waals surface area contributed by atoms with E-state index < -0.39 is 10.0 Å². The molecule has 6 heteroatoms. The first-order valence-electron chi connectivity index (χ1n) is 8.57. The average Bonchev–Trinajstić information content (AvgIpc) is 2.46. The van der Waals surface area contributed by atoms with Crippen LogP contribution in [0.5, 0.6) is 0 Å². The molecule has 136 valence electrons. The van der Waals surface area contributed by atoms with Crippen LogP contribution in [0.4, 0.5) is 0 Å². The molecule has 0 saturated carbocycles. The first kappa shape index (κ1) is 20.1. The van der Waals surface area contributed by atoms with Crippen LogP contribution in [-0.4, -0.2) is 30.0 Å². The second kappa shape index (κ2) is 8.47. The molecule has 1 aromatic carbocycles. The van der Waals surface area contributed by atoms with Gasteiger partial charge < -0.3 is 0 Å². The standard InChI is InChI=1S/C18H29NO2S3/c1-14(2)12-16(13-18(4)22-10-5-11-23-18)19-24(20,21)17-8-6-15(3)7-9-17/h6-9,14,16,19H,5,10-13H2,1-4H3/t16-/m0/s1. The van der Waals surface area contributed by atoms with E-state index in [-0.39, 0.29) is 10.1 Å². The quantitative estimate of drug-likeness (QED) is 0.739. The number of nitrogens with one attached hydrogen (secondary N) is 1. The van der Waals surface area contributed by atoms with Crippen LogP contribution in [0.2, 0.25) is 0 Å². The maximum atomic E-state index is 12.8. The molecule has 0 spiro atoms. The van der Waals surface area contributed by atoms with Gasteiger partial charge in [-0.25, -0.2) is 13.1 Å². The average molecular weight is 388 g/mol. The number of hydrogen-bond donors (Lipinski definition) is 1. The molecule has 0 amide bonds. The minimum atomic E-state index is -3.47. The van der Waals surface area contributed by atoms with Crippen molar-refractivity contribution in [2.24, 2.45) is 5.92 Å². The fourth-order valence-electron chi connectivity index (χ4n) is 2.99. The SMILES string of the molecule is Cc1ccc(S(=O)(=O)N[C@@H](CC(C)C)CC2(C)SCCCS2)cc1. The summed E-state index contributed by atoms with van der Waals surface area (Å²) in [5.74, 6) is 2.79. The molecule has 1 aromatic rings. The molecule has 0 unspecified atom stereocenters. The molecule has 1 saturated heterocycles. The molecule has 1 N–H and O–H groups in total. The molecule has 1 heterocycles. The van der Waals surface area contributed by atoms with Crippen molar-refractivity contribution in [3.05, 3.63) is 29.8 Å². The van der Waals surface area contributed by atoms with Crippen LogP contribution in [0.15, 0.2) is 29.2 Å². The van der Waals surface area contributed by atoms with Crippen molar-refractivity contribution in [2.45, 2.75) is 62.0 Å². The maximum Gasteiger partial charge on any atom is 0.240 e. The normalized spacial score (nSPS) is 19.4. The van der Waals surface area contributed by atoms with Gasteiger partial charge in [0.25, 0.3) is 0 Å². The molecule has 1 fully saturated rings. The van der Waals surface area contributed by atoms with Gasteiger partial charge in [0.2, 0.25) is 10.0 Å². The zero-order valence-corrected chi connectivity index (χ0v) is 17.5. The smallest absolute Gasteiger partial charge is 0.208 e. The van der Waals surface area contributed by atoms with Gasteiger partial charge in [0.15, 0.2) is 0 Å². The summed E-state index contributed by atoms with van der Waals surface area (Å²) in [5.41, 5.74) is 1.06. The lowest BCUT2D eigenvalue weighted by Crippen LogP contribution is -2.40. The highest BCUT2D eigenvalue weighted by Gasteiger charge is 2.33. The fraction of sp³-hybridized carbons (Fsp3) is 0.667. The van der Waals surface area contributed by atoms with Crippen LogP contribution in [0.25, 0.3) is 0 Å². The summed E-state index contributed by atoms with van der Waals surface area (Å²) in [6.45, 7) is 8.52. The van der Waals surface area contributed by atoms with E-state index in [1.165, 1.54) is 17.9 Å². The fourth-order valence-corrected chi connectivity index (χ4v) is 7.33. The lowest BCUT2D eigenvalue weighted by atomic mass is 10.0. The predicted molar refractivity (Wildman–Crippen MR) is 107 cm³/mol. The van der Waals surface area contributed by atoms with Crippen LogP contribution in [0.3, 0.4) is 0 Å². The van der Waals surface area contributed by atoms with Crippen LogP contribution in [0.1, 0.15) is 45.6 Å². The van der Waals surface area contributed by atoms with Crippen molar-refractivity contribution in [1.29, 1.82) is 0 Å². The first-order valence-corrected chi connectivity index (χ1v) is 12.0. The Bertz CT molecular complexity index is 620. The van der Waals surface area contributed by atoms with Crippen molar-refractivity contribution < 1.29 is 8.42 Å². The third-order valence-electron chi connectivity index (χ3n) is 4.13. The Morgan fingerprint density at radius 2 is 1.75 bits per heavy atom. The van der Waals surface area contributed by atoms with E-state index in [0.717, 1.165) is 18.4 Å². The number of rotatable bonds is 7. The number of benzene rings is 1. The van der Waals surface area contributed by atoms with E-state index in [9.17, 15) is 8.42 Å². The zero-order chi connectivity index (χ0) is 17.8. The Morgan fingerprint density at radius 3 is 2.29 bits per heavy atom. The van der Waals surface area contributed by atoms with Crippen molar-refractivity contribution in [1.82, 2.24) is 4.72 Å². The Labute approximate surface area is 155 Å². The highest BCUT2D eigenvalue weighted by Crippen LogP contribution is 2.45. The molecule has 0 bridgehead atoms. The Morgan fingerprint density at radius 1 is 1.17 bits per heavy atom. The summed E-state index contributed by atoms with van der Waals surface area (Å²) in [4.78, 5) is 0.357. The molecule has 0 radical (unpaired) electrons. The summed E-state index contributed by atoms with van der Waals surface area (Å²) >= 11 is 3.95. The number of sulfonamides is 1. The van der Waals surface area contributed by atoms with Gasteiger partial charge >= 0.3 is 0 Å². The maximum absolute atomic E-state index is 12.8. The lowest BCUT2D eigenvalue weighted by molar-refractivity contribution is 0.433. The molecule has 3 nitrogen and oxygen atoms in total. The van der Waals surface area contributed by atoms with Crippen molar-refractivity contribution in [3.8, 4) is 0 Å². The minimum absolute atomic E-state index is 0.0283. The van der Waals surface area contributed by atoms with Gasteiger partial charge in [-0.15, -0.1) is 23.5 Å². The van der Waals surface area contributed by atoms with Gasteiger partial charge in [-0.1, -0.05) is 31.5 Å². The van der Waals surface area contributed by atoms with Gasteiger partial charge in [-0.2, -0.15) is 0 Å². The van der Waals surface area contributed by atoms with Crippen LogP contribution in [-0.2, 0) is 10.0 Å². The number of hydrogen-bond acceptors (Lipinski definition) is 4. The van der Waals surface area contributed by atoms with Crippen molar-refractivity contribution in [3.63, 3.8) is 0 Å². The van der Waals surface area contributed by atoms with Gasteiger partial charge in [0.1, 0.15) is 0 Å². The van der Waals surface area contributed by atoms with Gasteiger partial charge in [0, 0.05) is 6.04 Å². The Kier molecular flexibility index (Phi) is 7.11. The summed E-state index contributed by atoms with van der Waals surface area (Å²) in [7, 11) is -3.47. The zero-order valence-electron chi connectivity index (χ0n) is 15.0. The van der Waals surface area contributed by atoms with Crippen molar-refractivity contribution >= 4 is 33.5 Å². The first-order chi connectivity index (χ1) is 11.2. The summed E-state index contributed by atoms with van der Waals surface area (Å²) in [6.07, 6.45) is 2.97. The predicted octanol–water partition coefficient (Wildman–Crippen LogP) is 4.66. The summed E-state index contributed by atoms with van der Waals surface area (Å²) in [6, 6.07) is 7.05. The highest BCUT2D eigenvalue weighted by atomic mass is 32.2. The van der Waals surface area contributed by atoms with Crippen LogP contribution < -0.4 is 4.72 Å². The molecule has 1 aliphatic heterocycles. The van der Waals surface area contributed by atoms with Gasteiger partial charge in [-0.05, 0) is 62.7 Å². The summed E-state index contributed by atoms with van der Waals surface area (Å²) < 4.78 is 28.6. The summed E-state index contributed by atoms with van der Waals surface area (Å²) in [5, 5.41) is 0. The van der Waals surface area contributed by atoms with E-state index in [2.05, 4.69) is 25.5 Å². The van der Waals surface area contributed by atoms with Crippen LogP contribution in [0, 0.1) is 12.8 Å². The van der Waals surface area contributed by atoms with E-state index in [0.29, 0.717) is 10.8 Å². The molecule has 0 aliphatic carbocycles. The Balaban J connectivity index is 2.13. The molecule has 0 aromatic heterocycles. The molecule has 24 heavy (non-hydrogen) atoms. The van der Waals surface area contributed by atoms with Crippen LogP contribution >= 0.6 is 23.5 Å². The Hall–Kier alpha value is -0.170. The third kappa shape index (κ3) is 5.97. The lowest BCUT2D eigenvalue weighted by Gasteiger charge is -2.36. The van der Waals surface area contributed by atoms with E-state index in [1.807, 2.05) is 42.6 Å². The largest absolute Gasteiger partial charge is 0.240 e. The highest BCUT2D eigenvalue weighted by molar-refractivity contribution is 8.18. The van der Waals surface area contributed by atoms with E-state index >= 15 is 0 Å². The monoisotopic (exact) mass is 387 g/mol. The molecule has 1 aliphatic rings. The second-order valence-corrected chi connectivity index (χ2v) is 12.3. The number of thioether (sulfide) groups is 2. The van der Waals surface area contributed by atoms with Gasteiger partial charge in [-0.3, -0.25) is 0 Å². The van der Waals surface area contributed by atoms with E-state index in [4.69, 9.17) is 0 Å². The van der Waals surface area contributed by atoms with Gasteiger partial charge in [0.05, 0.1) is 8.97 Å². The molecular weight excluding hydrogens is 358 g/mol. The number of aryl methyl sites for hydroxylation is 1. The van der Waals surface area contributed by atoms with E-state index in [1.54, 1.807) is 12.1 Å². The van der Waals surface area contributed by atoms with Crippen molar-refractivity contribution in [2.75, 3.05) is 11.5 Å².